The van der Waals surface area contributed by atoms with Crippen molar-refractivity contribution < 1.29 is 4.79 Å². The lowest BCUT2D eigenvalue weighted by Gasteiger charge is -2.00. The van der Waals surface area contributed by atoms with E-state index in [1.807, 2.05) is 0 Å². The molecule has 0 bridgehead atoms. The molecule has 0 atom stereocenters. The molecule has 3 nitrogen and oxygen atoms in total. The van der Waals surface area contributed by atoms with Gasteiger partial charge >= 0.3 is 0 Å². The van der Waals surface area contributed by atoms with Crippen molar-refractivity contribution in [1.82, 2.24) is 9.59 Å². The van der Waals surface area contributed by atoms with Crippen molar-refractivity contribution in [3.63, 3.8) is 0 Å². The van der Waals surface area contributed by atoms with E-state index in [0.29, 0.717) is 15.6 Å². The lowest BCUT2D eigenvalue weighted by atomic mass is 10.1. The number of rotatable bonds is 2. The molecule has 0 aliphatic carbocycles. The molecule has 2 aromatic rings. The van der Waals surface area contributed by atoms with Gasteiger partial charge in [0.05, 0.1) is 5.02 Å². The van der Waals surface area contributed by atoms with Gasteiger partial charge < -0.3 is 0 Å². The van der Waals surface area contributed by atoms with Gasteiger partial charge in [-0.2, -0.15) is 0 Å². The largest absolute Gasteiger partial charge is 0.287 e. The van der Waals surface area contributed by atoms with E-state index in [0.717, 1.165) is 11.5 Å². The molecule has 1 aromatic carbocycles. The summed E-state index contributed by atoms with van der Waals surface area (Å²) in [7, 11) is 0. The Kier molecular flexibility index (Phi) is 3.00. The second-order valence-electron chi connectivity index (χ2n) is 2.74. The number of ketones is 1. The van der Waals surface area contributed by atoms with Crippen LogP contribution in [0.4, 0.5) is 0 Å². The summed E-state index contributed by atoms with van der Waals surface area (Å²) in [4.78, 5) is 11.8. The molecule has 1 heterocycles. The van der Waals surface area contributed by atoms with Gasteiger partial charge in [-0.15, -0.1) is 5.10 Å². The van der Waals surface area contributed by atoms with Gasteiger partial charge in [0.15, 0.2) is 0 Å². The van der Waals surface area contributed by atoms with Crippen LogP contribution in [0.15, 0.2) is 23.6 Å². The normalized spacial score (nSPS) is 10.3. The maximum atomic E-state index is 11.8. The van der Waals surface area contributed by atoms with Gasteiger partial charge in [0.2, 0.25) is 5.78 Å². The van der Waals surface area contributed by atoms with E-state index in [4.69, 9.17) is 23.2 Å². The minimum Gasteiger partial charge on any atom is -0.287 e. The minimum atomic E-state index is -0.267. The van der Waals surface area contributed by atoms with E-state index in [-0.39, 0.29) is 11.5 Å². The van der Waals surface area contributed by atoms with Crippen LogP contribution in [0.25, 0.3) is 0 Å². The molecule has 76 valence electrons. The lowest BCUT2D eigenvalue weighted by molar-refractivity contribution is 0.103. The monoisotopic (exact) mass is 258 g/mol. The van der Waals surface area contributed by atoms with Gasteiger partial charge in [-0.25, -0.2) is 0 Å². The molecule has 1 aromatic heterocycles. The summed E-state index contributed by atoms with van der Waals surface area (Å²) in [6.45, 7) is 0. The molecular weight excluding hydrogens is 255 g/mol. The van der Waals surface area contributed by atoms with Crippen LogP contribution in [0, 0.1) is 0 Å². The van der Waals surface area contributed by atoms with Crippen LogP contribution < -0.4 is 0 Å². The van der Waals surface area contributed by atoms with Crippen molar-refractivity contribution in [2.24, 2.45) is 0 Å². The van der Waals surface area contributed by atoms with Gasteiger partial charge in [-0.1, -0.05) is 27.7 Å². The highest BCUT2D eigenvalue weighted by Gasteiger charge is 2.15. The van der Waals surface area contributed by atoms with Gasteiger partial charge in [-0.3, -0.25) is 4.79 Å². The highest BCUT2D eigenvalue weighted by Crippen LogP contribution is 2.22. The number of nitrogens with zero attached hydrogens (tertiary/aromatic N) is 2. The van der Waals surface area contributed by atoms with E-state index in [1.165, 1.54) is 6.07 Å². The minimum absolute atomic E-state index is 0.267. The summed E-state index contributed by atoms with van der Waals surface area (Å²) in [5, 5.41) is 6.07. The Morgan fingerprint density at radius 2 is 2.13 bits per heavy atom. The highest BCUT2D eigenvalue weighted by molar-refractivity contribution is 7.03. The maximum Gasteiger partial charge on any atom is 0.215 e. The second kappa shape index (κ2) is 4.26. The fourth-order valence-electron chi connectivity index (χ4n) is 1.07. The van der Waals surface area contributed by atoms with Gasteiger partial charge in [0.25, 0.3) is 0 Å². The number of carbonyl (C=O) groups is 1. The highest BCUT2D eigenvalue weighted by atomic mass is 35.5. The fourth-order valence-corrected chi connectivity index (χ4v) is 1.88. The zero-order valence-corrected chi connectivity index (χ0v) is 9.60. The van der Waals surface area contributed by atoms with Crippen LogP contribution in [-0.4, -0.2) is 15.4 Å². The lowest BCUT2D eigenvalue weighted by Crippen LogP contribution is -2.02. The molecule has 0 N–H and O–H groups in total. The first-order valence-corrected chi connectivity index (χ1v) is 5.54. The van der Waals surface area contributed by atoms with Gasteiger partial charge in [0.1, 0.15) is 5.69 Å². The van der Waals surface area contributed by atoms with Crippen LogP contribution in [-0.2, 0) is 0 Å². The molecule has 0 aliphatic rings. The van der Waals surface area contributed by atoms with Crippen LogP contribution in [0.2, 0.25) is 10.0 Å². The van der Waals surface area contributed by atoms with E-state index in [9.17, 15) is 4.79 Å². The number of halogens is 2. The van der Waals surface area contributed by atoms with Crippen molar-refractivity contribution in [3.8, 4) is 0 Å². The molecule has 0 saturated carbocycles. The predicted octanol–water partition coefficient (Wildman–Crippen LogP) is 3.08. The summed E-state index contributed by atoms with van der Waals surface area (Å²) in [5.74, 6) is -0.267. The molecule has 0 fully saturated rings. The van der Waals surface area contributed by atoms with Gasteiger partial charge in [0, 0.05) is 16.0 Å². The average molecular weight is 259 g/mol. The first kappa shape index (κ1) is 10.5. The zero-order valence-electron chi connectivity index (χ0n) is 7.28. The van der Waals surface area contributed by atoms with Crippen LogP contribution >= 0.6 is 34.7 Å². The molecule has 0 aliphatic heterocycles. The van der Waals surface area contributed by atoms with Crippen LogP contribution in [0.1, 0.15) is 16.1 Å². The van der Waals surface area contributed by atoms with E-state index in [2.05, 4.69) is 9.59 Å². The smallest absolute Gasteiger partial charge is 0.215 e. The number of hydrogen-bond acceptors (Lipinski definition) is 4. The quantitative estimate of drug-likeness (QED) is 0.778. The Morgan fingerprint density at radius 1 is 1.33 bits per heavy atom. The second-order valence-corrected chi connectivity index (χ2v) is 4.20. The first-order valence-electron chi connectivity index (χ1n) is 3.95. The molecule has 0 saturated heterocycles. The number of carbonyl (C=O) groups excluding carboxylic acids is 1. The summed E-state index contributed by atoms with van der Waals surface area (Å²) in [6.07, 6.45) is 0. The summed E-state index contributed by atoms with van der Waals surface area (Å²) >= 11 is 12.8. The van der Waals surface area contributed by atoms with E-state index < -0.39 is 0 Å². The van der Waals surface area contributed by atoms with Crippen LogP contribution in [0.5, 0.6) is 0 Å². The van der Waals surface area contributed by atoms with E-state index in [1.54, 1.807) is 17.5 Å². The Hall–Kier alpha value is -0.970. The zero-order chi connectivity index (χ0) is 10.8. The van der Waals surface area contributed by atoms with Crippen molar-refractivity contribution in [2.75, 3.05) is 0 Å². The third-order valence-electron chi connectivity index (χ3n) is 1.77. The Balaban J connectivity index is 2.46. The Bertz CT molecular complexity index is 499. The number of hydrogen-bond donors (Lipinski definition) is 0. The Morgan fingerprint density at radius 3 is 2.80 bits per heavy atom. The molecule has 6 heteroatoms. The molecule has 15 heavy (non-hydrogen) atoms. The maximum absolute atomic E-state index is 11.8. The average Bonchev–Trinajstić information content (AvgIpc) is 2.74. The van der Waals surface area contributed by atoms with Crippen molar-refractivity contribution in [3.05, 3.63) is 44.9 Å². The third-order valence-corrected chi connectivity index (χ3v) is 2.83. The molecular formula is C9H4Cl2N2OS. The summed E-state index contributed by atoms with van der Waals surface area (Å²) < 4.78 is 3.62. The Labute approximate surface area is 99.8 Å². The first-order chi connectivity index (χ1) is 7.18. The third kappa shape index (κ3) is 2.17. The van der Waals surface area contributed by atoms with Crippen molar-refractivity contribution >= 4 is 40.5 Å². The van der Waals surface area contributed by atoms with Crippen molar-refractivity contribution in [1.29, 1.82) is 0 Å². The predicted molar refractivity (Wildman–Crippen MR) is 59.8 cm³/mol. The van der Waals surface area contributed by atoms with E-state index >= 15 is 0 Å². The van der Waals surface area contributed by atoms with Crippen LogP contribution in [0.3, 0.4) is 0 Å². The summed E-state index contributed by atoms with van der Waals surface area (Å²) in [6, 6.07) is 4.72. The summed E-state index contributed by atoms with van der Waals surface area (Å²) in [5.41, 5.74) is 0.626. The number of benzene rings is 1. The molecule has 0 amide bonds. The topological polar surface area (TPSA) is 42.9 Å². The van der Waals surface area contributed by atoms with Gasteiger partial charge in [-0.05, 0) is 29.7 Å². The molecule has 0 spiro atoms. The molecule has 0 unspecified atom stereocenters. The number of aromatic nitrogens is 2. The standard InChI is InChI=1S/C9H4Cl2N2OS/c10-5-1-2-7(11)6(3-5)9(14)8-4-15-13-12-8/h1-4H. The SMILES string of the molecule is O=C(c1csnn1)c1cc(Cl)ccc1Cl. The fraction of sp³-hybridized carbons (Fsp3) is 0. The molecule has 0 radical (unpaired) electrons. The van der Waals surface area contributed by atoms with Crippen molar-refractivity contribution in [2.45, 2.75) is 0 Å². The molecule has 2 rings (SSSR count).